The van der Waals surface area contributed by atoms with Crippen LogP contribution in [-0.4, -0.2) is 14.8 Å². The summed E-state index contributed by atoms with van der Waals surface area (Å²) in [6.07, 6.45) is 3.80. The summed E-state index contributed by atoms with van der Waals surface area (Å²) >= 11 is 1.66. The minimum atomic E-state index is 0.730. The van der Waals surface area contributed by atoms with E-state index in [1.165, 1.54) is 4.88 Å². The van der Waals surface area contributed by atoms with Crippen molar-refractivity contribution in [2.24, 2.45) is 7.05 Å². The molecule has 74 valence electrons. The van der Waals surface area contributed by atoms with E-state index in [0.717, 1.165) is 17.4 Å². The Morgan fingerprint density at radius 3 is 3.00 bits per heavy atom. The van der Waals surface area contributed by atoms with Gasteiger partial charge in [0, 0.05) is 24.3 Å². The standard InChI is InChI=1S/C9H12N4S/c1-7-5-10-9(14-7)11-6-8-3-4-13(2)12-8/h3-5H,6H2,1-2H3,(H,10,11). The Morgan fingerprint density at radius 2 is 2.43 bits per heavy atom. The lowest BCUT2D eigenvalue weighted by molar-refractivity contribution is 0.747. The predicted octanol–water partition coefficient (Wildman–Crippen LogP) is 1.80. The molecule has 2 aromatic rings. The van der Waals surface area contributed by atoms with Crippen LogP contribution in [0.4, 0.5) is 5.13 Å². The summed E-state index contributed by atoms with van der Waals surface area (Å²) in [5, 5.41) is 8.44. The smallest absolute Gasteiger partial charge is 0.183 e. The van der Waals surface area contributed by atoms with Crippen LogP contribution in [0.25, 0.3) is 0 Å². The number of nitrogens with zero attached hydrogens (tertiary/aromatic N) is 3. The Kier molecular flexibility index (Phi) is 2.49. The Balaban J connectivity index is 1.94. The number of thiazole rings is 1. The van der Waals surface area contributed by atoms with Gasteiger partial charge >= 0.3 is 0 Å². The highest BCUT2D eigenvalue weighted by Crippen LogP contribution is 2.16. The van der Waals surface area contributed by atoms with Gasteiger partial charge in [-0.25, -0.2) is 4.98 Å². The van der Waals surface area contributed by atoms with Crippen LogP contribution >= 0.6 is 11.3 Å². The lowest BCUT2D eigenvalue weighted by Gasteiger charge is -1.97. The fraction of sp³-hybridized carbons (Fsp3) is 0.333. The number of aryl methyl sites for hydroxylation is 2. The van der Waals surface area contributed by atoms with Crippen molar-refractivity contribution in [3.8, 4) is 0 Å². The molecule has 1 N–H and O–H groups in total. The molecule has 5 heteroatoms. The van der Waals surface area contributed by atoms with Crippen LogP contribution < -0.4 is 5.32 Å². The molecule has 0 aromatic carbocycles. The van der Waals surface area contributed by atoms with Gasteiger partial charge in [-0.15, -0.1) is 11.3 Å². The number of nitrogens with one attached hydrogen (secondary N) is 1. The SMILES string of the molecule is Cc1cnc(NCc2ccn(C)n2)s1. The van der Waals surface area contributed by atoms with Crippen LogP contribution in [0.15, 0.2) is 18.5 Å². The van der Waals surface area contributed by atoms with Crippen LogP contribution in [0, 0.1) is 6.92 Å². The normalized spacial score (nSPS) is 10.4. The highest BCUT2D eigenvalue weighted by Gasteiger charge is 1.99. The third-order valence-corrected chi connectivity index (χ3v) is 2.68. The molecule has 0 atom stereocenters. The van der Waals surface area contributed by atoms with Crippen molar-refractivity contribution < 1.29 is 0 Å². The molecule has 0 spiro atoms. The first kappa shape index (κ1) is 9.21. The van der Waals surface area contributed by atoms with Gasteiger partial charge in [0.25, 0.3) is 0 Å². The van der Waals surface area contributed by atoms with Crippen molar-refractivity contribution >= 4 is 16.5 Å². The van der Waals surface area contributed by atoms with E-state index in [0.29, 0.717) is 0 Å². The number of rotatable bonds is 3. The molecule has 0 radical (unpaired) electrons. The van der Waals surface area contributed by atoms with Crippen molar-refractivity contribution in [2.45, 2.75) is 13.5 Å². The number of hydrogen-bond acceptors (Lipinski definition) is 4. The molecule has 4 nitrogen and oxygen atoms in total. The predicted molar refractivity (Wildman–Crippen MR) is 57.4 cm³/mol. The second-order valence-corrected chi connectivity index (χ2v) is 4.35. The van der Waals surface area contributed by atoms with Gasteiger partial charge in [-0.1, -0.05) is 0 Å². The second-order valence-electron chi connectivity index (χ2n) is 3.11. The molecule has 2 rings (SSSR count). The highest BCUT2D eigenvalue weighted by atomic mass is 32.1. The van der Waals surface area contributed by atoms with Crippen LogP contribution in [0.5, 0.6) is 0 Å². The monoisotopic (exact) mass is 208 g/mol. The summed E-state index contributed by atoms with van der Waals surface area (Å²) in [6, 6.07) is 1.99. The molecule has 2 aromatic heterocycles. The second kappa shape index (κ2) is 3.79. The van der Waals surface area contributed by atoms with Gasteiger partial charge in [0.15, 0.2) is 5.13 Å². The molecule has 0 aliphatic rings. The first-order chi connectivity index (χ1) is 6.74. The topological polar surface area (TPSA) is 42.7 Å². The maximum absolute atomic E-state index is 4.26. The van der Waals surface area contributed by atoms with Crippen molar-refractivity contribution in [2.75, 3.05) is 5.32 Å². The third-order valence-electron chi connectivity index (χ3n) is 1.81. The molecule has 0 fully saturated rings. The van der Waals surface area contributed by atoms with E-state index in [1.807, 2.05) is 32.4 Å². The molecule has 0 aliphatic heterocycles. The first-order valence-corrected chi connectivity index (χ1v) is 5.20. The zero-order valence-electron chi connectivity index (χ0n) is 8.19. The minimum Gasteiger partial charge on any atom is -0.356 e. The molecule has 2 heterocycles. The molecular weight excluding hydrogens is 196 g/mol. The van der Waals surface area contributed by atoms with E-state index < -0.39 is 0 Å². The molecular formula is C9H12N4S. The van der Waals surface area contributed by atoms with Gasteiger partial charge in [0.05, 0.1) is 12.2 Å². The van der Waals surface area contributed by atoms with Gasteiger partial charge in [0.1, 0.15) is 0 Å². The van der Waals surface area contributed by atoms with Crippen molar-refractivity contribution in [3.05, 3.63) is 29.0 Å². The molecule has 14 heavy (non-hydrogen) atoms. The zero-order valence-corrected chi connectivity index (χ0v) is 9.01. The largest absolute Gasteiger partial charge is 0.356 e. The fourth-order valence-corrected chi connectivity index (χ4v) is 1.82. The Hall–Kier alpha value is -1.36. The number of aromatic nitrogens is 3. The number of anilines is 1. The van der Waals surface area contributed by atoms with Gasteiger partial charge in [0.2, 0.25) is 0 Å². The summed E-state index contributed by atoms with van der Waals surface area (Å²) in [5.41, 5.74) is 1.03. The van der Waals surface area contributed by atoms with Crippen LogP contribution in [0.2, 0.25) is 0 Å². The molecule has 0 aliphatic carbocycles. The minimum absolute atomic E-state index is 0.730. The summed E-state index contributed by atoms with van der Waals surface area (Å²) in [7, 11) is 1.91. The van der Waals surface area contributed by atoms with Crippen molar-refractivity contribution in [3.63, 3.8) is 0 Å². The van der Waals surface area contributed by atoms with Gasteiger partial charge in [-0.3, -0.25) is 4.68 Å². The summed E-state index contributed by atoms with van der Waals surface area (Å²) in [5.74, 6) is 0. The summed E-state index contributed by atoms with van der Waals surface area (Å²) in [4.78, 5) is 5.43. The van der Waals surface area contributed by atoms with Gasteiger partial charge < -0.3 is 5.32 Å². The maximum atomic E-state index is 4.26. The van der Waals surface area contributed by atoms with Crippen molar-refractivity contribution in [1.82, 2.24) is 14.8 Å². The lowest BCUT2D eigenvalue weighted by atomic mass is 10.4. The summed E-state index contributed by atoms with van der Waals surface area (Å²) < 4.78 is 1.80. The molecule has 0 unspecified atom stereocenters. The van der Waals surface area contributed by atoms with Crippen LogP contribution in [0.3, 0.4) is 0 Å². The van der Waals surface area contributed by atoms with Crippen molar-refractivity contribution in [1.29, 1.82) is 0 Å². The van der Waals surface area contributed by atoms with Gasteiger partial charge in [-0.2, -0.15) is 5.10 Å². The number of hydrogen-bond donors (Lipinski definition) is 1. The van der Waals surface area contributed by atoms with E-state index in [-0.39, 0.29) is 0 Å². The first-order valence-electron chi connectivity index (χ1n) is 4.39. The lowest BCUT2D eigenvalue weighted by Crippen LogP contribution is -2.00. The van der Waals surface area contributed by atoms with E-state index >= 15 is 0 Å². The fourth-order valence-electron chi connectivity index (χ4n) is 1.16. The van der Waals surface area contributed by atoms with Crippen LogP contribution in [0.1, 0.15) is 10.6 Å². The van der Waals surface area contributed by atoms with Gasteiger partial charge in [-0.05, 0) is 13.0 Å². The average molecular weight is 208 g/mol. The highest BCUT2D eigenvalue weighted by molar-refractivity contribution is 7.15. The molecule has 0 bridgehead atoms. The quantitative estimate of drug-likeness (QED) is 0.836. The Labute approximate surface area is 86.6 Å². The van der Waals surface area contributed by atoms with Crippen LogP contribution in [-0.2, 0) is 13.6 Å². The zero-order chi connectivity index (χ0) is 9.97. The molecule has 0 saturated carbocycles. The van der Waals surface area contributed by atoms with E-state index in [1.54, 1.807) is 16.0 Å². The third kappa shape index (κ3) is 2.11. The maximum Gasteiger partial charge on any atom is 0.183 e. The summed E-state index contributed by atoms with van der Waals surface area (Å²) in [6.45, 7) is 2.78. The van der Waals surface area contributed by atoms with E-state index in [2.05, 4.69) is 15.4 Å². The Morgan fingerprint density at radius 1 is 1.57 bits per heavy atom. The average Bonchev–Trinajstić information content (AvgIpc) is 2.72. The Bertz CT molecular complexity index is 378. The molecule has 0 amide bonds. The van der Waals surface area contributed by atoms with E-state index in [4.69, 9.17) is 0 Å². The molecule has 0 saturated heterocycles. The van der Waals surface area contributed by atoms with E-state index in [9.17, 15) is 0 Å².